The van der Waals surface area contributed by atoms with Gasteiger partial charge in [0, 0.05) is 13.1 Å². The third-order valence-corrected chi connectivity index (χ3v) is 4.52. The Morgan fingerprint density at radius 1 is 0.917 bits per heavy atom. The third-order valence-electron chi connectivity index (χ3n) is 4.52. The summed E-state index contributed by atoms with van der Waals surface area (Å²) >= 11 is 0. The van der Waals surface area contributed by atoms with Crippen LogP contribution in [0.3, 0.4) is 0 Å². The maximum absolute atomic E-state index is 13.0. The Labute approximate surface area is 140 Å². The standard InChI is InChI=1S/C19H18N2O3/c22-18-16(14-7-2-1-3-8-14)17(20-10-4-5-11-20)19(23)21(18)13-15-9-6-12-24-15/h1-3,6-9,12H,4-5,10-11,13H2. The van der Waals surface area contributed by atoms with Crippen molar-refractivity contribution in [2.75, 3.05) is 13.1 Å². The predicted molar refractivity (Wildman–Crippen MR) is 88.4 cm³/mol. The maximum atomic E-state index is 13.0. The lowest BCUT2D eigenvalue weighted by molar-refractivity contribution is -0.138. The van der Waals surface area contributed by atoms with Gasteiger partial charge in [-0.2, -0.15) is 0 Å². The van der Waals surface area contributed by atoms with Crippen LogP contribution in [0.4, 0.5) is 0 Å². The minimum Gasteiger partial charge on any atom is -0.467 e. The summed E-state index contributed by atoms with van der Waals surface area (Å²) in [6.45, 7) is 1.80. The summed E-state index contributed by atoms with van der Waals surface area (Å²) in [5, 5.41) is 0. The fourth-order valence-corrected chi connectivity index (χ4v) is 3.36. The monoisotopic (exact) mass is 322 g/mol. The summed E-state index contributed by atoms with van der Waals surface area (Å²) in [4.78, 5) is 29.3. The Hall–Kier alpha value is -2.82. The molecule has 1 aromatic carbocycles. The predicted octanol–water partition coefficient (Wildman–Crippen LogP) is 2.66. The molecule has 0 spiro atoms. The van der Waals surface area contributed by atoms with E-state index in [0.717, 1.165) is 31.5 Å². The van der Waals surface area contributed by atoms with Crippen LogP contribution in [0.25, 0.3) is 5.57 Å². The molecule has 3 heterocycles. The van der Waals surface area contributed by atoms with Gasteiger partial charge in [-0.1, -0.05) is 30.3 Å². The SMILES string of the molecule is O=C1C(c2ccccc2)=C(N2CCCC2)C(=O)N1Cc1ccco1. The van der Waals surface area contributed by atoms with Crippen molar-refractivity contribution in [2.24, 2.45) is 0 Å². The summed E-state index contributed by atoms with van der Waals surface area (Å²) in [5.41, 5.74) is 1.84. The maximum Gasteiger partial charge on any atom is 0.278 e. The number of imide groups is 1. The fraction of sp³-hybridized carbons (Fsp3) is 0.263. The number of nitrogens with zero attached hydrogens (tertiary/aromatic N) is 2. The number of amides is 2. The van der Waals surface area contributed by atoms with E-state index in [9.17, 15) is 9.59 Å². The molecular weight excluding hydrogens is 304 g/mol. The van der Waals surface area contributed by atoms with Gasteiger partial charge in [0.05, 0.1) is 18.4 Å². The van der Waals surface area contributed by atoms with Crippen molar-refractivity contribution in [2.45, 2.75) is 19.4 Å². The average Bonchev–Trinajstić information content (AvgIpc) is 3.33. The molecular formula is C19H18N2O3. The van der Waals surface area contributed by atoms with Gasteiger partial charge in [-0.3, -0.25) is 14.5 Å². The van der Waals surface area contributed by atoms with Crippen LogP contribution in [0, 0.1) is 0 Å². The number of likely N-dealkylation sites (tertiary alicyclic amines) is 1. The van der Waals surface area contributed by atoms with E-state index in [1.165, 1.54) is 4.90 Å². The number of benzene rings is 1. The third kappa shape index (κ3) is 2.42. The summed E-state index contributed by atoms with van der Waals surface area (Å²) in [5.74, 6) is 0.133. The number of carbonyl (C=O) groups is 2. The molecule has 5 heteroatoms. The summed E-state index contributed by atoms with van der Waals surface area (Å²) in [6, 6.07) is 13.0. The van der Waals surface area contributed by atoms with Crippen LogP contribution in [0.2, 0.25) is 0 Å². The number of hydrogen-bond acceptors (Lipinski definition) is 4. The molecule has 2 amide bonds. The van der Waals surface area contributed by atoms with Gasteiger partial charge < -0.3 is 9.32 Å². The van der Waals surface area contributed by atoms with Gasteiger partial charge in [0.15, 0.2) is 0 Å². The van der Waals surface area contributed by atoms with Crippen LogP contribution in [0.15, 0.2) is 58.8 Å². The molecule has 4 rings (SSSR count). The molecule has 0 bridgehead atoms. The van der Waals surface area contributed by atoms with Crippen molar-refractivity contribution in [3.63, 3.8) is 0 Å². The van der Waals surface area contributed by atoms with Crippen molar-refractivity contribution in [3.05, 3.63) is 65.7 Å². The van der Waals surface area contributed by atoms with Crippen molar-refractivity contribution >= 4 is 17.4 Å². The molecule has 1 fully saturated rings. The first-order valence-corrected chi connectivity index (χ1v) is 8.19. The molecule has 24 heavy (non-hydrogen) atoms. The number of rotatable bonds is 4. The van der Waals surface area contributed by atoms with Gasteiger partial charge in [-0.05, 0) is 30.5 Å². The van der Waals surface area contributed by atoms with Gasteiger partial charge in [0.25, 0.3) is 11.8 Å². The first kappa shape index (κ1) is 14.8. The number of hydrogen-bond donors (Lipinski definition) is 0. The van der Waals surface area contributed by atoms with E-state index < -0.39 is 0 Å². The Morgan fingerprint density at radius 2 is 1.67 bits per heavy atom. The highest BCUT2D eigenvalue weighted by Gasteiger charge is 2.42. The second-order valence-corrected chi connectivity index (χ2v) is 6.06. The van der Waals surface area contributed by atoms with Crippen LogP contribution >= 0.6 is 0 Å². The van der Waals surface area contributed by atoms with Crippen LogP contribution in [-0.4, -0.2) is 34.7 Å². The van der Waals surface area contributed by atoms with Crippen molar-refractivity contribution in [1.29, 1.82) is 0 Å². The second kappa shape index (κ2) is 6.00. The molecule has 0 unspecified atom stereocenters. The largest absolute Gasteiger partial charge is 0.467 e. The zero-order valence-corrected chi connectivity index (χ0v) is 13.3. The fourth-order valence-electron chi connectivity index (χ4n) is 3.36. The number of furan rings is 1. The molecule has 2 aromatic rings. The van der Waals surface area contributed by atoms with Crippen LogP contribution in [0.5, 0.6) is 0 Å². The van der Waals surface area contributed by atoms with Gasteiger partial charge >= 0.3 is 0 Å². The Balaban J connectivity index is 1.75. The minimum atomic E-state index is -0.246. The minimum absolute atomic E-state index is 0.165. The molecule has 0 aliphatic carbocycles. The van der Waals surface area contributed by atoms with E-state index in [1.807, 2.05) is 35.2 Å². The topological polar surface area (TPSA) is 53.8 Å². The second-order valence-electron chi connectivity index (χ2n) is 6.06. The van der Waals surface area contributed by atoms with Crippen molar-refractivity contribution in [3.8, 4) is 0 Å². The zero-order chi connectivity index (χ0) is 16.5. The normalized spacial score (nSPS) is 18.2. The van der Waals surface area contributed by atoms with Crippen molar-refractivity contribution in [1.82, 2.24) is 9.80 Å². The highest BCUT2D eigenvalue weighted by Crippen LogP contribution is 2.34. The van der Waals surface area contributed by atoms with E-state index in [4.69, 9.17) is 4.42 Å². The van der Waals surface area contributed by atoms with E-state index in [1.54, 1.807) is 18.4 Å². The van der Waals surface area contributed by atoms with E-state index >= 15 is 0 Å². The zero-order valence-electron chi connectivity index (χ0n) is 13.3. The summed E-state index contributed by atoms with van der Waals surface area (Å²) in [6.07, 6.45) is 3.64. The molecule has 122 valence electrons. The smallest absolute Gasteiger partial charge is 0.278 e. The molecule has 0 N–H and O–H groups in total. The van der Waals surface area contributed by atoms with Crippen LogP contribution in [-0.2, 0) is 16.1 Å². The van der Waals surface area contributed by atoms with E-state index in [2.05, 4.69) is 0 Å². The lowest BCUT2D eigenvalue weighted by Crippen LogP contribution is -2.33. The summed E-state index contributed by atoms with van der Waals surface area (Å²) in [7, 11) is 0. The molecule has 1 saturated heterocycles. The Kier molecular flexibility index (Phi) is 3.69. The Morgan fingerprint density at radius 3 is 2.33 bits per heavy atom. The van der Waals surface area contributed by atoms with E-state index in [0.29, 0.717) is 17.0 Å². The summed E-state index contributed by atoms with van der Waals surface area (Å²) < 4.78 is 5.32. The molecule has 0 saturated carbocycles. The lowest BCUT2D eigenvalue weighted by Gasteiger charge is -2.19. The van der Waals surface area contributed by atoms with E-state index in [-0.39, 0.29) is 18.4 Å². The lowest BCUT2D eigenvalue weighted by atomic mass is 10.0. The quantitative estimate of drug-likeness (QED) is 0.812. The molecule has 1 aromatic heterocycles. The molecule has 2 aliphatic rings. The highest BCUT2D eigenvalue weighted by molar-refractivity contribution is 6.35. The average molecular weight is 322 g/mol. The number of carbonyl (C=O) groups excluding carboxylic acids is 2. The molecule has 2 aliphatic heterocycles. The first-order chi connectivity index (χ1) is 11.8. The van der Waals surface area contributed by atoms with Gasteiger partial charge in [0.2, 0.25) is 0 Å². The van der Waals surface area contributed by atoms with Crippen LogP contribution in [0.1, 0.15) is 24.2 Å². The van der Waals surface area contributed by atoms with Crippen molar-refractivity contribution < 1.29 is 14.0 Å². The molecule has 0 radical (unpaired) electrons. The first-order valence-electron chi connectivity index (χ1n) is 8.19. The van der Waals surface area contributed by atoms with Crippen LogP contribution < -0.4 is 0 Å². The molecule has 5 nitrogen and oxygen atoms in total. The Bertz CT molecular complexity index is 787. The highest BCUT2D eigenvalue weighted by atomic mass is 16.3. The van der Waals surface area contributed by atoms with Gasteiger partial charge in [0.1, 0.15) is 11.5 Å². The van der Waals surface area contributed by atoms with Gasteiger partial charge in [-0.15, -0.1) is 0 Å². The van der Waals surface area contributed by atoms with Gasteiger partial charge in [-0.25, -0.2) is 0 Å². The molecule has 0 atom stereocenters.